The Bertz CT molecular complexity index is 493. The molecule has 2 rings (SSSR count). The summed E-state index contributed by atoms with van der Waals surface area (Å²) in [7, 11) is 0. The molecule has 1 atom stereocenters. The van der Waals surface area contributed by atoms with Crippen LogP contribution in [0.4, 0.5) is 8.78 Å². The molecular weight excluding hydrogens is 276 g/mol. The first-order valence-corrected chi connectivity index (χ1v) is 7.39. The summed E-state index contributed by atoms with van der Waals surface area (Å²) in [6.45, 7) is 1.47. The lowest BCUT2D eigenvalue weighted by molar-refractivity contribution is -0.145. The molecule has 0 aliphatic heterocycles. The largest absolute Gasteiger partial charge is 0.480 e. The van der Waals surface area contributed by atoms with Gasteiger partial charge in [-0.2, -0.15) is 0 Å². The number of carboxylic acid groups (broad SMARTS) is 1. The highest BCUT2D eigenvalue weighted by atomic mass is 19.1. The lowest BCUT2D eigenvalue weighted by Gasteiger charge is -2.32. The van der Waals surface area contributed by atoms with Gasteiger partial charge in [0, 0.05) is 12.1 Å². The summed E-state index contributed by atoms with van der Waals surface area (Å²) in [5.74, 6) is -2.66. The van der Waals surface area contributed by atoms with Gasteiger partial charge in [0.2, 0.25) is 0 Å². The average Bonchev–Trinajstić information content (AvgIpc) is 2.65. The molecule has 0 radical (unpaired) electrons. The van der Waals surface area contributed by atoms with Crippen molar-refractivity contribution in [3.63, 3.8) is 0 Å². The van der Waals surface area contributed by atoms with Crippen LogP contribution in [0.2, 0.25) is 0 Å². The second kappa shape index (κ2) is 6.52. The van der Waals surface area contributed by atoms with Crippen molar-refractivity contribution in [2.24, 2.45) is 0 Å². The normalized spacial score (nSPS) is 19.8. The van der Waals surface area contributed by atoms with Crippen LogP contribution in [-0.2, 0) is 10.3 Å². The Morgan fingerprint density at radius 3 is 2.14 bits per heavy atom. The molecule has 3 nitrogen and oxygen atoms in total. The quantitative estimate of drug-likeness (QED) is 0.835. The summed E-state index contributed by atoms with van der Waals surface area (Å²) in [5.41, 5.74) is -1.38. The molecular formula is C16H21F2NO2. The molecule has 0 amide bonds. The molecule has 1 aliphatic carbocycles. The second-order valence-electron chi connectivity index (χ2n) is 5.92. The van der Waals surface area contributed by atoms with Gasteiger partial charge in [0.05, 0.1) is 0 Å². The Labute approximate surface area is 123 Å². The van der Waals surface area contributed by atoms with Gasteiger partial charge < -0.3 is 5.11 Å². The Balaban J connectivity index is 2.28. The van der Waals surface area contributed by atoms with Crippen LogP contribution in [0.5, 0.6) is 0 Å². The standard InChI is InChI=1S/C16H21F2NO2/c1-16(15(20)21,11-8-12(17)10-13(18)9-11)19-14-6-4-2-3-5-7-14/h8-10,14,19H,2-7H2,1H3,(H,20,21). The molecule has 5 heteroatoms. The Kier molecular flexibility index (Phi) is 4.93. The van der Waals surface area contributed by atoms with Crippen molar-refractivity contribution in [2.75, 3.05) is 0 Å². The zero-order chi connectivity index (χ0) is 15.5. The molecule has 0 saturated heterocycles. The van der Waals surface area contributed by atoms with E-state index in [-0.39, 0.29) is 11.6 Å². The molecule has 21 heavy (non-hydrogen) atoms. The fourth-order valence-electron chi connectivity index (χ4n) is 2.94. The van der Waals surface area contributed by atoms with Crippen molar-refractivity contribution in [1.82, 2.24) is 5.32 Å². The maximum absolute atomic E-state index is 13.4. The molecule has 0 aromatic heterocycles. The average molecular weight is 297 g/mol. The first-order chi connectivity index (χ1) is 9.91. The predicted octanol–water partition coefficient (Wildman–Crippen LogP) is 3.58. The fraction of sp³-hybridized carbons (Fsp3) is 0.562. The summed E-state index contributed by atoms with van der Waals surface area (Å²) in [6, 6.07) is 2.97. The van der Waals surface area contributed by atoms with Crippen LogP contribution < -0.4 is 5.32 Å². The summed E-state index contributed by atoms with van der Waals surface area (Å²) >= 11 is 0. The van der Waals surface area contributed by atoms with E-state index in [0.29, 0.717) is 0 Å². The van der Waals surface area contributed by atoms with Crippen LogP contribution in [-0.4, -0.2) is 17.1 Å². The minimum atomic E-state index is -1.49. The van der Waals surface area contributed by atoms with E-state index in [0.717, 1.165) is 56.7 Å². The van der Waals surface area contributed by atoms with Crippen LogP contribution in [0.1, 0.15) is 51.0 Å². The molecule has 1 unspecified atom stereocenters. The van der Waals surface area contributed by atoms with E-state index < -0.39 is 23.1 Å². The van der Waals surface area contributed by atoms with Gasteiger partial charge in [-0.1, -0.05) is 25.7 Å². The SMILES string of the molecule is CC(NC1CCCCCC1)(C(=O)O)c1cc(F)cc(F)c1. The number of halogens is 2. The molecule has 0 heterocycles. The first kappa shape index (κ1) is 15.9. The summed E-state index contributed by atoms with van der Waals surface area (Å²) < 4.78 is 26.8. The molecule has 116 valence electrons. The predicted molar refractivity (Wildman–Crippen MR) is 76.0 cm³/mol. The third kappa shape index (κ3) is 3.79. The number of hydrogen-bond acceptors (Lipinski definition) is 2. The number of rotatable bonds is 4. The van der Waals surface area contributed by atoms with Gasteiger partial charge in [0.1, 0.15) is 17.2 Å². The van der Waals surface area contributed by atoms with Crippen LogP contribution in [0.15, 0.2) is 18.2 Å². The van der Waals surface area contributed by atoms with Crippen molar-refractivity contribution >= 4 is 5.97 Å². The summed E-state index contributed by atoms with van der Waals surface area (Å²) in [6.07, 6.45) is 6.17. The molecule has 0 bridgehead atoms. The zero-order valence-corrected chi connectivity index (χ0v) is 12.2. The van der Waals surface area contributed by atoms with Gasteiger partial charge in [-0.05, 0) is 37.5 Å². The zero-order valence-electron chi connectivity index (χ0n) is 12.2. The van der Waals surface area contributed by atoms with E-state index in [9.17, 15) is 18.7 Å². The van der Waals surface area contributed by atoms with Crippen LogP contribution >= 0.6 is 0 Å². The van der Waals surface area contributed by atoms with E-state index in [1.807, 2.05) is 0 Å². The van der Waals surface area contributed by atoms with E-state index in [4.69, 9.17) is 0 Å². The van der Waals surface area contributed by atoms with E-state index in [1.54, 1.807) is 0 Å². The smallest absolute Gasteiger partial charge is 0.328 e. The highest BCUT2D eigenvalue weighted by Crippen LogP contribution is 2.27. The molecule has 1 aromatic rings. The number of hydrogen-bond donors (Lipinski definition) is 2. The Morgan fingerprint density at radius 1 is 1.14 bits per heavy atom. The first-order valence-electron chi connectivity index (χ1n) is 7.39. The highest BCUT2D eigenvalue weighted by molar-refractivity contribution is 5.80. The van der Waals surface area contributed by atoms with Gasteiger partial charge in [-0.25, -0.2) is 13.6 Å². The van der Waals surface area contributed by atoms with Crippen molar-refractivity contribution in [3.8, 4) is 0 Å². The van der Waals surface area contributed by atoms with E-state index in [1.165, 1.54) is 6.92 Å². The maximum Gasteiger partial charge on any atom is 0.328 e. The minimum absolute atomic E-state index is 0.0555. The van der Waals surface area contributed by atoms with Gasteiger partial charge >= 0.3 is 5.97 Å². The van der Waals surface area contributed by atoms with Crippen LogP contribution in [0, 0.1) is 11.6 Å². The number of carboxylic acids is 1. The molecule has 0 spiro atoms. The van der Waals surface area contributed by atoms with Crippen molar-refractivity contribution in [2.45, 2.75) is 57.0 Å². The molecule has 1 saturated carbocycles. The van der Waals surface area contributed by atoms with E-state index in [2.05, 4.69) is 5.32 Å². The number of aliphatic carboxylic acids is 1. The maximum atomic E-state index is 13.4. The van der Waals surface area contributed by atoms with Crippen LogP contribution in [0.25, 0.3) is 0 Å². The van der Waals surface area contributed by atoms with Crippen molar-refractivity contribution in [3.05, 3.63) is 35.4 Å². The Hall–Kier alpha value is -1.49. The van der Waals surface area contributed by atoms with Gasteiger partial charge in [0.25, 0.3) is 0 Å². The third-order valence-corrected chi connectivity index (χ3v) is 4.22. The second-order valence-corrected chi connectivity index (χ2v) is 5.92. The van der Waals surface area contributed by atoms with Crippen LogP contribution in [0.3, 0.4) is 0 Å². The molecule has 1 aliphatic rings. The van der Waals surface area contributed by atoms with Crippen molar-refractivity contribution in [1.29, 1.82) is 0 Å². The Morgan fingerprint density at radius 2 is 1.67 bits per heavy atom. The van der Waals surface area contributed by atoms with Gasteiger partial charge in [0.15, 0.2) is 0 Å². The van der Waals surface area contributed by atoms with E-state index >= 15 is 0 Å². The molecule has 1 fully saturated rings. The van der Waals surface area contributed by atoms with Crippen molar-refractivity contribution < 1.29 is 18.7 Å². The number of carbonyl (C=O) groups is 1. The lowest BCUT2D eigenvalue weighted by atomic mass is 9.89. The van der Waals surface area contributed by atoms with Gasteiger partial charge in [-0.3, -0.25) is 5.32 Å². The fourth-order valence-corrected chi connectivity index (χ4v) is 2.94. The summed E-state index contributed by atoms with van der Waals surface area (Å²) in [4.78, 5) is 11.7. The lowest BCUT2D eigenvalue weighted by Crippen LogP contribution is -2.51. The monoisotopic (exact) mass is 297 g/mol. The topological polar surface area (TPSA) is 49.3 Å². The minimum Gasteiger partial charge on any atom is -0.480 e. The molecule has 2 N–H and O–H groups in total. The number of nitrogens with one attached hydrogen (secondary N) is 1. The third-order valence-electron chi connectivity index (χ3n) is 4.22. The number of benzene rings is 1. The summed E-state index contributed by atoms with van der Waals surface area (Å²) in [5, 5.41) is 12.7. The highest BCUT2D eigenvalue weighted by Gasteiger charge is 2.37. The van der Waals surface area contributed by atoms with Gasteiger partial charge in [-0.15, -0.1) is 0 Å². The molecule has 1 aromatic carbocycles.